The van der Waals surface area contributed by atoms with Gasteiger partial charge < -0.3 is 14.5 Å². The predicted octanol–water partition coefficient (Wildman–Crippen LogP) is 6.00. The number of rotatable bonds is 6. The number of hydrogen-bond donors (Lipinski definition) is 0. The molecule has 1 aromatic heterocycles. The zero-order chi connectivity index (χ0) is 27.6. The number of piperazine rings is 1. The van der Waals surface area contributed by atoms with E-state index in [0.717, 1.165) is 35.5 Å². The van der Waals surface area contributed by atoms with Crippen LogP contribution in [0.5, 0.6) is 0 Å². The van der Waals surface area contributed by atoms with Crippen molar-refractivity contribution in [1.29, 1.82) is 5.26 Å². The van der Waals surface area contributed by atoms with Gasteiger partial charge in [-0.3, -0.25) is 0 Å². The van der Waals surface area contributed by atoms with Crippen molar-refractivity contribution < 1.29 is 13.9 Å². The molecule has 0 spiro atoms. The summed E-state index contributed by atoms with van der Waals surface area (Å²) in [5.74, 6) is 0.778. The van der Waals surface area contributed by atoms with Crippen molar-refractivity contribution >= 4 is 23.1 Å². The van der Waals surface area contributed by atoms with E-state index in [4.69, 9.17) is 9.72 Å². The zero-order valence-electron chi connectivity index (χ0n) is 22.9. The van der Waals surface area contributed by atoms with E-state index in [2.05, 4.69) is 29.5 Å². The van der Waals surface area contributed by atoms with E-state index in [0.29, 0.717) is 37.5 Å². The van der Waals surface area contributed by atoms with E-state index < -0.39 is 11.4 Å². The number of nitrogens with zero attached hydrogens (tertiary/aromatic N) is 5. The molecule has 4 rings (SSSR count). The first-order valence-corrected chi connectivity index (χ1v) is 13.1. The fourth-order valence-corrected chi connectivity index (χ4v) is 4.94. The Morgan fingerprint density at radius 2 is 2.03 bits per heavy atom. The third-order valence-corrected chi connectivity index (χ3v) is 6.95. The first-order chi connectivity index (χ1) is 18.0. The van der Waals surface area contributed by atoms with Crippen LogP contribution in [-0.2, 0) is 11.2 Å². The smallest absolute Gasteiger partial charge is 0.410 e. The van der Waals surface area contributed by atoms with Gasteiger partial charge in [-0.15, -0.1) is 0 Å². The maximum Gasteiger partial charge on any atom is 0.410 e. The molecule has 0 N–H and O–H groups in total. The molecule has 0 bridgehead atoms. The quantitative estimate of drug-likeness (QED) is 0.467. The molecule has 0 radical (unpaired) electrons. The maximum atomic E-state index is 13.9. The first kappa shape index (κ1) is 27.3. The van der Waals surface area contributed by atoms with Crippen LogP contribution in [-0.4, -0.2) is 52.2 Å². The molecular weight excluding hydrogens is 481 g/mol. The predicted molar refractivity (Wildman–Crippen MR) is 147 cm³/mol. The zero-order valence-corrected chi connectivity index (χ0v) is 22.9. The van der Waals surface area contributed by atoms with Crippen molar-refractivity contribution in [3.05, 3.63) is 65.4 Å². The van der Waals surface area contributed by atoms with Crippen LogP contribution in [0.1, 0.15) is 69.8 Å². The summed E-state index contributed by atoms with van der Waals surface area (Å²) in [4.78, 5) is 26.1. The molecule has 200 valence electrons. The number of halogens is 1. The fourth-order valence-electron chi connectivity index (χ4n) is 4.94. The van der Waals surface area contributed by atoms with E-state index in [-0.39, 0.29) is 17.7 Å². The summed E-state index contributed by atoms with van der Waals surface area (Å²) in [7, 11) is 0. The van der Waals surface area contributed by atoms with Crippen LogP contribution >= 0.6 is 0 Å². The van der Waals surface area contributed by atoms with Crippen molar-refractivity contribution in [3.8, 4) is 6.07 Å². The van der Waals surface area contributed by atoms with E-state index in [1.807, 2.05) is 33.8 Å². The van der Waals surface area contributed by atoms with Gasteiger partial charge >= 0.3 is 6.09 Å². The molecule has 8 heteroatoms. The second kappa shape index (κ2) is 10.9. The van der Waals surface area contributed by atoms with Crippen LogP contribution in [0.15, 0.2) is 37.2 Å². The van der Waals surface area contributed by atoms with Gasteiger partial charge in [0, 0.05) is 37.7 Å². The van der Waals surface area contributed by atoms with Crippen LogP contribution in [0.4, 0.5) is 15.0 Å². The molecule has 1 saturated carbocycles. The summed E-state index contributed by atoms with van der Waals surface area (Å²) in [5.41, 5.74) is 4.00. The fraction of sp³-hybridized carbons (Fsp3) is 0.467. The third-order valence-electron chi connectivity index (χ3n) is 6.95. The molecule has 1 aliphatic carbocycles. The van der Waals surface area contributed by atoms with Crippen molar-refractivity contribution in [1.82, 2.24) is 14.9 Å². The van der Waals surface area contributed by atoms with Gasteiger partial charge in [0.2, 0.25) is 0 Å². The number of hydrogen-bond acceptors (Lipinski definition) is 6. The number of nitriles is 1. The van der Waals surface area contributed by atoms with Gasteiger partial charge in [0.15, 0.2) is 0 Å². The van der Waals surface area contributed by atoms with Gasteiger partial charge in [-0.25, -0.2) is 19.2 Å². The Labute approximate surface area is 224 Å². The first-order valence-electron chi connectivity index (χ1n) is 13.1. The minimum atomic E-state index is -0.543. The highest BCUT2D eigenvalue weighted by molar-refractivity contribution is 5.81. The Bertz CT molecular complexity index is 1300. The van der Waals surface area contributed by atoms with Gasteiger partial charge in [0.25, 0.3) is 0 Å². The molecule has 2 heterocycles. The summed E-state index contributed by atoms with van der Waals surface area (Å²) in [5, 5.41) is 9.26. The van der Waals surface area contributed by atoms with Crippen LogP contribution in [0, 0.1) is 23.1 Å². The van der Waals surface area contributed by atoms with Gasteiger partial charge in [-0.2, -0.15) is 5.26 Å². The molecule has 2 aliphatic rings. The minimum Gasteiger partial charge on any atom is -0.444 e. The molecule has 1 amide bonds. The monoisotopic (exact) mass is 517 g/mol. The number of allylic oxidation sites excluding steroid dienone is 3. The van der Waals surface area contributed by atoms with Gasteiger partial charge in [0.05, 0.1) is 11.3 Å². The summed E-state index contributed by atoms with van der Waals surface area (Å²) in [6, 6.07) is 6.41. The van der Waals surface area contributed by atoms with Crippen molar-refractivity contribution in [2.45, 2.75) is 65.5 Å². The molecule has 0 unspecified atom stereocenters. The Balaban J connectivity index is 1.65. The highest BCUT2D eigenvalue weighted by Crippen LogP contribution is 2.45. The number of benzene rings is 1. The molecule has 7 nitrogen and oxygen atoms in total. The lowest BCUT2D eigenvalue weighted by atomic mass is 9.93. The summed E-state index contributed by atoms with van der Waals surface area (Å²) >= 11 is 0. The van der Waals surface area contributed by atoms with Crippen LogP contribution in [0.25, 0.3) is 11.1 Å². The van der Waals surface area contributed by atoms with Crippen molar-refractivity contribution in [2.75, 3.05) is 24.5 Å². The Kier molecular flexibility index (Phi) is 7.86. The van der Waals surface area contributed by atoms with E-state index in [1.165, 1.54) is 17.7 Å². The number of amides is 1. The molecule has 1 saturated heterocycles. The summed E-state index contributed by atoms with van der Waals surface area (Å²) < 4.78 is 19.5. The minimum absolute atomic E-state index is 0.00365. The van der Waals surface area contributed by atoms with Crippen LogP contribution in [0.2, 0.25) is 0 Å². The summed E-state index contributed by atoms with van der Waals surface area (Å²) in [6.07, 6.45) is 6.13. The lowest BCUT2D eigenvalue weighted by Gasteiger charge is -2.41. The van der Waals surface area contributed by atoms with Gasteiger partial charge in [-0.1, -0.05) is 18.7 Å². The highest BCUT2D eigenvalue weighted by Gasteiger charge is 2.35. The van der Waals surface area contributed by atoms with Crippen molar-refractivity contribution in [2.24, 2.45) is 5.92 Å². The average Bonchev–Trinajstić information content (AvgIpc) is 3.70. The lowest BCUT2D eigenvalue weighted by molar-refractivity contribution is 0.0218. The number of aromatic nitrogens is 2. The number of anilines is 1. The molecule has 2 fully saturated rings. The molecule has 1 atom stereocenters. The second-order valence-corrected chi connectivity index (χ2v) is 11.1. The SMILES string of the molecule is C=C(Cc1ncnc(N2CCN(C(=O)OC(C)(C)C)C[C@@H]2C)c1/C(=C\C)C1CC1)c1ccc(F)c(C#N)c1. The number of carbonyl (C=O) groups is 1. The third kappa shape index (κ3) is 6.04. The maximum absolute atomic E-state index is 13.9. The van der Waals surface area contributed by atoms with Gasteiger partial charge in [-0.05, 0) is 82.2 Å². The molecule has 1 aliphatic heterocycles. The van der Waals surface area contributed by atoms with Gasteiger partial charge in [0.1, 0.15) is 29.6 Å². The molecule has 38 heavy (non-hydrogen) atoms. The second-order valence-electron chi connectivity index (χ2n) is 11.1. The number of carbonyl (C=O) groups excluding carboxylic acids is 1. The number of ether oxygens (including phenoxy) is 1. The van der Waals surface area contributed by atoms with Crippen LogP contribution < -0.4 is 4.90 Å². The topological polar surface area (TPSA) is 82.3 Å². The van der Waals surface area contributed by atoms with E-state index in [1.54, 1.807) is 17.3 Å². The summed E-state index contributed by atoms with van der Waals surface area (Å²) in [6.45, 7) is 15.7. The standard InChI is InChI=1S/C30H36FN5O2/c1-7-24(21-8-9-21)27-26(14-19(2)22-10-11-25(31)23(15-22)16-32)33-18-34-28(27)36-13-12-35(17-20(36)3)29(37)38-30(4,5)6/h7,10-11,15,18,20-21H,2,8-9,12-14,17H2,1,3-6H3/b24-7-/t20-/m0/s1. The Hall–Kier alpha value is -3.73. The Morgan fingerprint density at radius 3 is 2.63 bits per heavy atom. The lowest BCUT2D eigenvalue weighted by Crippen LogP contribution is -2.55. The average molecular weight is 518 g/mol. The molecular formula is C30H36FN5O2. The largest absolute Gasteiger partial charge is 0.444 e. The van der Waals surface area contributed by atoms with E-state index >= 15 is 0 Å². The van der Waals surface area contributed by atoms with Crippen molar-refractivity contribution in [3.63, 3.8) is 0 Å². The molecule has 1 aromatic carbocycles. The molecule has 2 aromatic rings. The Morgan fingerprint density at radius 1 is 1.29 bits per heavy atom. The normalized spacial score (nSPS) is 18.2. The van der Waals surface area contributed by atoms with Crippen LogP contribution in [0.3, 0.4) is 0 Å². The highest BCUT2D eigenvalue weighted by atomic mass is 19.1. The van der Waals surface area contributed by atoms with E-state index in [9.17, 15) is 14.4 Å².